The van der Waals surface area contributed by atoms with E-state index in [1.807, 2.05) is 9.91 Å². The standard InChI is InChI=1S/C33H34F2N8O4/c1-2-22-24(35)5-4-19-12-21(44)13-26(27(19)22)41-10-6-23-25(16-41)37-31(47-18-32-7-3-9-42(32)15-20(34)14-32)38-28(23)43-11-8-33(17-36-43)29(45)39-30(46)40-33/h1,4-5,12-13,20,36,44H,3,6-11,14-18H2,(H2,39,40,45,46)/t20-,32+,33?/m1/s1. The molecule has 6 heterocycles. The number of benzene rings is 2. The van der Waals surface area contributed by atoms with Crippen LogP contribution >= 0.6 is 0 Å². The number of rotatable bonds is 5. The number of phenols is 1. The van der Waals surface area contributed by atoms with Crippen molar-refractivity contribution in [1.82, 2.24) is 30.9 Å². The lowest BCUT2D eigenvalue weighted by atomic mass is 9.93. The van der Waals surface area contributed by atoms with Gasteiger partial charge in [0.15, 0.2) is 5.82 Å². The average molecular weight is 645 g/mol. The summed E-state index contributed by atoms with van der Waals surface area (Å²) in [5, 5.41) is 18.7. The predicted molar refractivity (Wildman–Crippen MR) is 168 cm³/mol. The van der Waals surface area contributed by atoms with Crippen LogP contribution in [0.5, 0.6) is 11.8 Å². The molecule has 8 rings (SSSR count). The Hall–Kier alpha value is -4.74. The quantitative estimate of drug-likeness (QED) is 0.242. The van der Waals surface area contributed by atoms with E-state index in [0.717, 1.165) is 24.9 Å². The number of hydrogen-bond donors (Lipinski definition) is 4. The van der Waals surface area contributed by atoms with E-state index < -0.39 is 29.1 Å². The van der Waals surface area contributed by atoms with Gasteiger partial charge in [0.2, 0.25) is 0 Å². The number of anilines is 2. The van der Waals surface area contributed by atoms with Crippen LogP contribution in [0.15, 0.2) is 24.3 Å². The first-order valence-electron chi connectivity index (χ1n) is 15.9. The first-order valence-corrected chi connectivity index (χ1v) is 15.9. The van der Waals surface area contributed by atoms with Crippen LogP contribution in [0.2, 0.25) is 0 Å². The number of amides is 3. The van der Waals surface area contributed by atoms with E-state index in [2.05, 4.69) is 26.9 Å². The molecule has 1 aromatic heterocycles. The number of carbonyl (C=O) groups excluding carboxylic acids is 2. The third-order valence-electron chi connectivity index (χ3n) is 10.4. The molecule has 1 spiro atoms. The second-order valence-corrected chi connectivity index (χ2v) is 13.1. The van der Waals surface area contributed by atoms with Crippen molar-refractivity contribution in [3.8, 4) is 24.1 Å². The maximum Gasteiger partial charge on any atom is 0.322 e. The molecule has 1 unspecified atom stereocenters. The monoisotopic (exact) mass is 644 g/mol. The summed E-state index contributed by atoms with van der Waals surface area (Å²) >= 11 is 0. The maximum atomic E-state index is 14.9. The zero-order valence-corrected chi connectivity index (χ0v) is 25.6. The fourth-order valence-corrected chi connectivity index (χ4v) is 8.03. The van der Waals surface area contributed by atoms with Crippen LogP contribution in [-0.2, 0) is 17.8 Å². The summed E-state index contributed by atoms with van der Waals surface area (Å²) in [6, 6.07) is 5.66. The first kappa shape index (κ1) is 29.6. The number of hydrazine groups is 1. The van der Waals surface area contributed by atoms with E-state index in [0.29, 0.717) is 73.4 Å². The molecule has 3 atom stereocenters. The van der Waals surface area contributed by atoms with Gasteiger partial charge in [-0.25, -0.2) is 19.0 Å². The fraction of sp³-hybridized carbons (Fsp3) is 0.455. The summed E-state index contributed by atoms with van der Waals surface area (Å²) in [5.41, 5.74) is 4.08. The SMILES string of the molecule is C#Cc1c(F)ccc2cc(O)cc(N3CCc4c(nc(OC[C@@]56CCCN5C[C@H](F)C6)nc4N4CCC5(CN4)NC(=O)NC5=O)C3)c12. The number of carbonyl (C=O) groups is 2. The first-order chi connectivity index (χ1) is 22.7. The number of ether oxygens (including phenoxy) is 1. The Bertz CT molecular complexity index is 1860. The van der Waals surface area contributed by atoms with Gasteiger partial charge in [0.1, 0.15) is 29.9 Å². The van der Waals surface area contributed by atoms with E-state index in [9.17, 15) is 23.5 Å². The Morgan fingerprint density at radius 3 is 2.81 bits per heavy atom. The minimum atomic E-state index is -1.05. The van der Waals surface area contributed by atoms with E-state index >= 15 is 0 Å². The van der Waals surface area contributed by atoms with Crippen LogP contribution in [0, 0.1) is 18.2 Å². The molecule has 0 saturated carbocycles. The highest BCUT2D eigenvalue weighted by molar-refractivity contribution is 6.07. The van der Waals surface area contributed by atoms with Crippen LogP contribution in [0.3, 0.4) is 0 Å². The zero-order valence-electron chi connectivity index (χ0n) is 25.6. The van der Waals surface area contributed by atoms with E-state index in [4.69, 9.17) is 21.1 Å². The highest BCUT2D eigenvalue weighted by Crippen LogP contribution is 2.41. The van der Waals surface area contributed by atoms with Gasteiger partial charge < -0.3 is 20.1 Å². The van der Waals surface area contributed by atoms with Crippen LogP contribution < -0.4 is 30.7 Å². The van der Waals surface area contributed by atoms with Crippen molar-refractivity contribution >= 4 is 34.2 Å². The molecule has 47 heavy (non-hydrogen) atoms. The van der Waals surface area contributed by atoms with Gasteiger partial charge in [-0.1, -0.05) is 12.0 Å². The van der Waals surface area contributed by atoms with Gasteiger partial charge in [0.05, 0.1) is 23.3 Å². The molecule has 3 aromatic rings. The number of urea groups is 1. The molecule has 4 fully saturated rings. The van der Waals surface area contributed by atoms with E-state index in [1.165, 1.54) is 6.07 Å². The lowest BCUT2D eigenvalue weighted by molar-refractivity contribution is -0.124. The summed E-state index contributed by atoms with van der Waals surface area (Å²) in [4.78, 5) is 38.4. The summed E-state index contributed by atoms with van der Waals surface area (Å²) in [6.07, 6.45) is 7.91. The number of nitrogens with one attached hydrogen (secondary N) is 3. The second kappa shape index (κ2) is 10.9. The van der Waals surface area contributed by atoms with Gasteiger partial charge in [-0.2, -0.15) is 9.97 Å². The van der Waals surface area contributed by atoms with E-state index in [-0.39, 0.29) is 36.4 Å². The largest absolute Gasteiger partial charge is 0.508 e. The van der Waals surface area contributed by atoms with Crippen molar-refractivity contribution in [3.63, 3.8) is 0 Å². The van der Waals surface area contributed by atoms with E-state index in [1.54, 1.807) is 18.2 Å². The van der Waals surface area contributed by atoms with Crippen molar-refractivity contribution < 1.29 is 28.2 Å². The number of alkyl halides is 1. The van der Waals surface area contributed by atoms with Gasteiger partial charge in [0, 0.05) is 61.7 Å². The third-order valence-corrected chi connectivity index (χ3v) is 10.4. The normalized spacial score (nSPS) is 27.1. The third kappa shape index (κ3) is 4.87. The number of nitrogens with zero attached hydrogens (tertiary/aromatic N) is 5. The molecule has 3 amide bonds. The molecule has 4 N–H and O–H groups in total. The van der Waals surface area contributed by atoms with Gasteiger partial charge in [-0.15, -0.1) is 6.42 Å². The number of halogens is 2. The van der Waals surface area contributed by atoms with Crippen LogP contribution in [-0.4, -0.2) is 88.5 Å². The summed E-state index contributed by atoms with van der Waals surface area (Å²) < 4.78 is 35.7. The lowest BCUT2D eigenvalue weighted by Crippen LogP contribution is -2.63. The Morgan fingerprint density at radius 2 is 2.04 bits per heavy atom. The van der Waals surface area contributed by atoms with Gasteiger partial charge in [-0.3, -0.25) is 20.0 Å². The van der Waals surface area contributed by atoms with Crippen molar-refractivity contribution in [2.45, 2.75) is 55.9 Å². The van der Waals surface area contributed by atoms with Gasteiger partial charge in [-0.05, 0) is 43.3 Å². The molecule has 4 saturated heterocycles. The molecule has 5 aliphatic heterocycles. The number of imide groups is 1. The van der Waals surface area contributed by atoms with Crippen LogP contribution in [0.4, 0.5) is 25.1 Å². The average Bonchev–Trinajstić information content (AvgIpc) is 3.67. The van der Waals surface area contributed by atoms with Crippen molar-refractivity contribution in [1.29, 1.82) is 0 Å². The number of fused-ring (bicyclic) bond motifs is 3. The van der Waals surface area contributed by atoms with Gasteiger partial charge in [0.25, 0.3) is 5.91 Å². The molecule has 0 aliphatic carbocycles. The smallest absolute Gasteiger partial charge is 0.322 e. The Balaban J connectivity index is 1.14. The highest BCUT2D eigenvalue weighted by atomic mass is 19.1. The Labute approximate surface area is 269 Å². The molecule has 0 bridgehead atoms. The summed E-state index contributed by atoms with van der Waals surface area (Å²) in [6.45, 7) is 2.79. The lowest BCUT2D eigenvalue weighted by Gasteiger charge is -2.40. The second-order valence-electron chi connectivity index (χ2n) is 13.1. The molecule has 244 valence electrons. The number of aromatic hydroxyl groups is 1. The fourth-order valence-electron chi connectivity index (χ4n) is 8.03. The minimum absolute atomic E-state index is 0.0258. The zero-order chi connectivity index (χ0) is 32.5. The Morgan fingerprint density at radius 1 is 1.17 bits per heavy atom. The Kier molecular flexibility index (Phi) is 6.89. The highest BCUT2D eigenvalue weighted by Gasteiger charge is 2.50. The molecule has 12 nitrogen and oxygen atoms in total. The van der Waals surface area contributed by atoms with Crippen molar-refractivity contribution in [3.05, 3.63) is 46.9 Å². The number of aromatic nitrogens is 2. The summed E-state index contributed by atoms with van der Waals surface area (Å²) in [7, 11) is 0. The molecular weight excluding hydrogens is 610 g/mol. The predicted octanol–water partition coefficient (Wildman–Crippen LogP) is 2.27. The molecule has 5 aliphatic rings. The molecule has 0 radical (unpaired) electrons. The van der Waals surface area contributed by atoms with Crippen molar-refractivity contribution in [2.24, 2.45) is 0 Å². The van der Waals surface area contributed by atoms with Crippen LogP contribution in [0.1, 0.15) is 42.5 Å². The summed E-state index contributed by atoms with van der Waals surface area (Å²) in [5.74, 6) is 2.21. The van der Waals surface area contributed by atoms with Gasteiger partial charge >= 0.3 is 12.0 Å². The number of terminal acetylenes is 1. The number of hydrogen-bond acceptors (Lipinski definition) is 10. The molecular formula is C33H34F2N8O4. The van der Waals surface area contributed by atoms with Crippen LogP contribution in [0.25, 0.3) is 10.8 Å². The topological polar surface area (TPSA) is 135 Å². The maximum absolute atomic E-state index is 14.9. The molecule has 2 aromatic carbocycles. The molecule has 14 heteroatoms. The minimum Gasteiger partial charge on any atom is -0.508 e. The van der Waals surface area contributed by atoms with Crippen molar-refractivity contribution in [2.75, 3.05) is 49.2 Å². The number of phenolic OH excluding ortho intramolecular Hbond substituents is 1.